The quantitative estimate of drug-likeness (QED) is 0.407. The van der Waals surface area contributed by atoms with Gasteiger partial charge >= 0.3 is 5.91 Å². The van der Waals surface area contributed by atoms with Crippen LogP contribution in [0, 0.1) is 5.82 Å². The molecule has 0 aliphatic carbocycles. The van der Waals surface area contributed by atoms with Crippen LogP contribution in [0.4, 0.5) is 10.2 Å². The van der Waals surface area contributed by atoms with E-state index < -0.39 is 29.3 Å². The Bertz CT molecular complexity index is 1150. The number of anilines is 1. The number of amides is 1. The summed E-state index contributed by atoms with van der Waals surface area (Å²) in [5.41, 5.74) is 0.243. The molecule has 1 fully saturated rings. The number of nitrogens with zero attached hydrogens (tertiary/aromatic N) is 3. The van der Waals surface area contributed by atoms with E-state index in [1.165, 1.54) is 36.5 Å². The van der Waals surface area contributed by atoms with E-state index in [0.717, 1.165) is 6.07 Å². The van der Waals surface area contributed by atoms with E-state index >= 15 is 0 Å². The fraction of sp³-hybridized carbons (Fsp3) is 0.0909. The highest BCUT2D eigenvalue weighted by Crippen LogP contribution is 2.42. The van der Waals surface area contributed by atoms with Crippen LogP contribution in [0.25, 0.3) is 5.76 Å². The fourth-order valence-corrected chi connectivity index (χ4v) is 3.43. The molecular weight excluding hydrogens is 389 g/mol. The van der Waals surface area contributed by atoms with Gasteiger partial charge in [-0.1, -0.05) is 12.1 Å². The summed E-state index contributed by atoms with van der Waals surface area (Å²) in [5, 5.41) is 11.0. The molecule has 2 aromatic heterocycles. The van der Waals surface area contributed by atoms with Gasteiger partial charge in [0.1, 0.15) is 23.1 Å². The third-order valence-electron chi connectivity index (χ3n) is 4.76. The van der Waals surface area contributed by atoms with Gasteiger partial charge in [-0.3, -0.25) is 19.5 Å². The number of benzene rings is 1. The molecule has 1 N–H and O–H groups in total. The summed E-state index contributed by atoms with van der Waals surface area (Å²) in [6.07, 6.45) is 4.53. The second-order valence-corrected chi connectivity index (χ2v) is 6.49. The maximum absolute atomic E-state index is 13.9. The fourth-order valence-electron chi connectivity index (χ4n) is 3.43. The molecule has 1 aromatic carbocycles. The smallest absolute Gasteiger partial charge is 0.301 e. The van der Waals surface area contributed by atoms with E-state index in [2.05, 4.69) is 9.97 Å². The molecule has 0 unspecified atom stereocenters. The first kappa shape index (κ1) is 19.3. The first-order valence-corrected chi connectivity index (χ1v) is 8.98. The topological polar surface area (TPSA) is 92.6 Å². The predicted molar refractivity (Wildman–Crippen MR) is 106 cm³/mol. The van der Waals surface area contributed by atoms with Crippen LogP contribution < -0.4 is 9.64 Å². The number of hydrogen-bond donors (Lipinski definition) is 1. The van der Waals surface area contributed by atoms with Gasteiger partial charge in [0.05, 0.1) is 24.3 Å². The average Bonchev–Trinajstić information content (AvgIpc) is 3.05. The van der Waals surface area contributed by atoms with Gasteiger partial charge in [-0.05, 0) is 42.0 Å². The van der Waals surface area contributed by atoms with Crippen molar-refractivity contribution in [3.05, 3.63) is 89.6 Å². The average molecular weight is 405 g/mol. The molecule has 0 saturated carbocycles. The van der Waals surface area contributed by atoms with Crippen LogP contribution in [0.1, 0.15) is 17.2 Å². The number of ether oxygens (including phenoxy) is 1. The summed E-state index contributed by atoms with van der Waals surface area (Å²) >= 11 is 0. The van der Waals surface area contributed by atoms with E-state index in [0.29, 0.717) is 5.56 Å². The Morgan fingerprint density at radius 1 is 1.13 bits per heavy atom. The van der Waals surface area contributed by atoms with Crippen molar-refractivity contribution in [1.82, 2.24) is 9.97 Å². The van der Waals surface area contributed by atoms with Gasteiger partial charge in [-0.15, -0.1) is 0 Å². The Hall–Kier alpha value is -4.07. The molecule has 1 aliphatic heterocycles. The van der Waals surface area contributed by atoms with Crippen LogP contribution in [-0.4, -0.2) is 33.9 Å². The van der Waals surface area contributed by atoms with Crippen molar-refractivity contribution in [1.29, 1.82) is 0 Å². The highest BCUT2D eigenvalue weighted by atomic mass is 19.1. The Morgan fingerprint density at radius 2 is 1.97 bits per heavy atom. The molecule has 1 saturated heterocycles. The predicted octanol–water partition coefficient (Wildman–Crippen LogP) is 3.25. The maximum Gasteiger partial charge on any atom is 0.301 e. The number of aliphatic hydroxyl groups excluding tert-OH is 1. The lowest BCUT2D eigenvalue weighted by molar-refractivity contribution is -0.132. The van der Waals surface area contributed by atoms with E-state index in [9.17, 15) is 19.1 Å². The van der Waals surface area contributed by atoms with Crippen molar-refractivity contribution in [2.75, 3.05) is 12.0 Å². The van der Waals surface area contributed by atoms with Crippen molar-refractivity contribution in [3.63, 3.8) is 0 Å². The van der Waals surface area contributed by atoms with E-state index in [4.69, 9.17) is 4.74 Å². The Morgan fingerprint density at radius 3 is 2.63 bits per heavy atom. The molecular formula is C22H16FN3O4. The van der Waals surface area contributed by atoms with Gasteiger partial charge in [-0.2, -0.15) is 0 Å². The molecule has 1 atom stereocenters. The number of methoxy groups -OCH3 is 1. The molecule has 3 heterocycles. The SMILES string of the molecule is COc1ccc(F)cc1C(O)=C1C(=O)C(=O)N(c2ccccn2)[C@@H]1c1cccnc1. The van der Waals surface area contributed by atoms with Crippen LogP contribution in [-0.2, 0) is 9.59 Å². The summed E-state index contributed by atoms with van der Waals surface area (Å²) in [6.45, 7) is 0. The second kappa shape index (κ2) is 7.75. The normalized spacial score (nSPS) is 17.9. The number of rotatable bonds is 4. The van der Waals surface area contributed by atoms with E-state index in [1.54, 1.807) is 36.5 Å². The van der Waals surface area contributed by atoms with Crippen LogP contribution in [0.5, 0.6) is 5.75 Å². The number of hydrogen-bond acceptors (Lipinski definition) is 6. The van der Waals surface area contributed by atoms with Crippen molar-refractivity contribution in [2.24, 2.45) is 0 Å². The van der Waals surface area contributed by atoms with Crippen molar-refractivity contribution in [3.8, 4) is 5.75 Å². The number of Topliss-reactive ketones (excluding diaryl/α,β-unsaturated/α-hetero) is 1. The van der Waals surface area contributed by atoms with Crippen molar-refractivity contribution in [2.45, 2.75) is 6.04 Å². The molecule has 0 radical (unpaired) electrons. The lowest BCUT2D eigenvalue weighted by Crippen LogP contribution is -2.30. The van der Waals surface area contributed by atoms with Crippen LogP contribution >= 0.6 is 0 Å². The zero-order chi connectivity index (χ0) is 21.3. The summed E-state index contributed by atoms with van der Waals surface area (Å²) in [4.78, 5) is 35.3. The number of carbonyl (C=O) groups excluding carboxylic acids is 2. The Labute approximate surface area is 171 Å². The minimum atomic E-state index is -0.999. The third kappa shape index (κ3) is 3.18. The van der Waals surface area contributed by atoms with Crippen LogP contribution in [0.3, 0.4) is 0 Å². The van der Waals surface area contributed by atoms with Crippen LogP contribution in [0.15, 0.2) is 72.7 Å². The molecule has 1 aliphatic rings. The van der Waals surface area contributed by atoms with Gasteiger partial charge < -0.3 is 9.84 Å². The van der Waals surface area contributed by atoms with Crippen molar-refractivity contribution < 1.29 is 23.8 Å². The molecule has 1 amide bonds. The first-order chi connectivity index (χ1) is 14.5. The Kier molecular flexibility index (Phi) is 4.97. The highest BCUT2D eigenvalue weighted by molar-refractivity contribution is 6.51. The van der Waals surface area contributed by atoms with Gasteiger partial charge in [0.15, 0.2) is 0 Å². The number of aromatic nitrogens is 2. The number of pyridine rings is 2. The van der Waals surface area contributed by atoms with E-state index in [1.807, 2.05) is 0 Å². The van der Waals surface area contributed by atoms with Gasteiger partial charge in [0.2, 0.25) is 0 Å². The van der Waals surface area contributed by atoms with Gasteiger partial charge in [-0.25, -0.2) is 9.37 Å². The van der Waals surface area contributed by atoms with Crippen molar-refractivity contribution >= 4 is 23.3 Å². The number of halogens is 1. The standard InChI is InChI=1S/C22H16FN3O4/c1-30-16-8-7-14(23)11-15(16)20(27)18-19(13-5-4-9-24-12-13)26(22(29)21(18)28)17-6-2-3-10-25-17/h2-12,19,27H,1H3/t19-/m1/s1. The third-order valence-corrected chi connectivity index (χ3v) is 4.76. The zero-order valence-electron chi connectivity index (χ0n) is 15.8. The minimum Gasteiger partial charge on any atom is -0.507 e. The van der Waals surface area contributed by atoms with E-state index in [-0.39, 0.29) is 22.7 Å². The highest BCUT2D eigenvalue weighted by Gasteiger charge is 2.47. The molecule has 30 heavy (non-hydrogen) atoms. The first-order valence-electron chi connectivity index (χ1n) is 8.98. The summed E-state index contributed by atoms with van der Waals surface area (Å²) in [7, 11) is 1.36. The summed E-state index contributed by atoms with van der Waals surface area (Å²) < 4.78 is 19.1. The number of aliphatic hydroxyl groups is 1. The largest absolute Gasteiger partial charge is 0.507 e. The number of carbonyl (C=O) groups is 2. The lowest BCUT2D eigenvalue weighted by Gasteiger charge is -2.24. The summed E-state index contributed by atoms with van der Waals surface area (Å²) in [6, 6.07) is 10.8. The monoisotopic (exact) mass is 405 g/mol. The zero-order valence-corrected chi connectivity index (χ0v) is 15.8. The Balaban J connectivity index is 1.98. The summed E-state index contributed by atoms with van der Waals surface area (Å²) in [5.74, 6) is -2.56. The molecule has 3 aromatic rings. The molecule has 0 spiro atoms. The van der Waals surface area contributed by atoms with Gasteiger partial charge in [0.25, 0.3) is 5.78 Å². The molecule has 7 nitrogen and oxygen atoms in total. The molecule has 8 heteroatoms. The van der Waals surface area contributed by atoms with Gasteiger partial charge in [0, 0.05) is 18.6 Å². The second-order valence-electron chi connectivity index (χ2n) is 6.49. The molecule has 4 rings (SSSR count). The molecule has 0 bridgehead atoms. The number of ketones is 1. The minimum absolute atomic E-state index is 0.0367. The maximum atomic E-state index is 13.9. The lowest BCUT2D eigenvalue weighted by atomic mass is 9.96. The van der Waals surface area contributed by atoms with Crippen LogP contribution in [0.2, 0.25) is 0 Å². The molecule has 150 valence electrons.